The van der Waals surface area contributed by atoms with Crippen molar-refractivity contribution in [2.45, 2.75) is 78.4 Å². The maximum atomic E-state index is 3.75. The summed E-state index contributed by atoms with van der Waals surface area (Å²) >= 11 is 0. The lowest BCUT2D eigenvalue weighted by Crippen LogP contribution is -2.60. The van der Waals surface area contributed by atoms with Crippen LogP contribution in [0.25, 0.3) is 0 Å². The molecule has 2 fully saturated rings. The lowest BCUT2D eigenvalue weighted by Gasteiger charge is -2.48. The molecular formula is C17H34N2. The summed E-state index contributed by atoms with van der Waals surface area (Å²) in [5.74, 6) is 2.62. The molecule has 0 aromatic rings. The molecule has 0 spiro atoms. The predicted molar refractivity (Wildman–Crippen MR) is 83.4 cm³/mol. The minimum Gasteiger partial charge on any atom is -0.311 e. The van der Waals surface area contributed by atoms with Gasteiger partial charge in [0, 0.05) is 31.2 Å². The van der Waals surface area contributed by atoms with E-state index >= 15 is 0 Å². The Kier molecular flexibility index (Phi) is 5.30. The molecule has 1 heterocycles. The number of hydrogen-bond acceptors (Lipinski definition) is 2. The van der Waals surface area contributed by atoms with Crippen LogP contribution in [0.15, 0.2) is 0 Å². The van der Waals surface area contributed by atoms with Crippen molar-refractivity contribution in [1.82, 2.24) is 10.2 Å². The van der Waals surface area contributed by atoms with E-state index in [0.29, 0.717) is 12.1 Å². The van der Waals surface area contributed by atoms with E-state index in [9.17, 15) is 0 Å². The van der Waals surface area contributed by atoms with Crippen LogP contribution in [0, 0.1) is 17.8 Å². The van der Waals surface area contributed by atoms with Gasteiger partial charge in [0.25, 0.3) is 0 Å². The number of nitrogens with one attached hydrogen (secondary N) is 1. The van der Waals surface area contributed by atoms with Crippen LogP contribution < -0.4 is 5.32 Å². The topological polar surface area (TPSA) is 15.3 Å². The van der Waals surface area contributed by atoms with Crippen molar-refractivity contribution in [2.24, 2.45) is 17.8 Å². The summed E-state index contributed by atoms with van der Waals surface area (Å²) in [6.07, 6.45) is 5.60. The van der Waals surface area contributed by atoms with Gasteiger partial charge in [-0.1, -0.05) is 27.7 Å². The van der Waals surface area contributed by atoms with Gasteiger partial charge in [-0.3, -0.25) is 4.90 Å². The van der Waals surface area contributed by atoms with Crippen molar-refractivity contribution in [3.8, 4) is 0 Å². The summed E-state index contributed by atoms with van der Waals surface area (Å²) in [5.41, 5.74) is 0. The molecule has 1 aliphatic carbocycles. The van der Waals surface area contributed by atoms with Crippen molar-refractivity contribution < 1.29 is 0 Å². The van der Waals surface area contributed by atoms with Gasteiger partial charge in [-0.2, -0.15) is 0 Å². The highest BCUT2D eigenvalue weighted by atomic mass is 15.3. The zero-order chi connectivity index (χ0) is 14.0. The number of piperazine rings is 1. The predicted octanol–water partition coefficient (Wildman–Crippen LogP) is 3.52. The van der Waals surface area contributed by atoms with Crippen molar-refractivity contribution in [2.75, 3.05) is 13.1 Å². The van der Waals surface area contributed by atoms with E-state index in [2.05, 4.69) is 44.8 Å². The maximum Gasteiger partial charge on any atom is 0.0198 e. The zero-order valence-electron chi connectivity index (χ0n) is 13.7. The third-order valence-electron chi connectivity index (χ3n) is 5.27. The maximum absolute atomic E-state index is 3.75. The molecule has 1 saturated heterocycles. The third-order valence-corrected chi connectivity index (χ3v) is 5.27. The van der Waals surface area contributed by atoms with E-state index in [0.717, 1.165) is 23.8 Å². The average Bonchev–Trinajstić information content (AvgIpc) is 2.31. The van der Waals surface area contributed by atoms with E-state index in [1.807, 2.05) is 0 Å². The quantitative estimate of drug-likeness (QED) is 0.841. The van der Waals surface area contributed by atoms with Crippen LogP contribution in [0.1, 0.15) is 60.3 Å². The fourth-order valence-corrected chi connectivity index (χ4v) is 4.28. The summed E-state index contributed by atoms with van der Waals surface area (Å²) in [6.45, 7) is 14.4. The molecule has 2 aliphatic rings. The van der Waals surface area contributed by atoms with Gasteiger partial charge in [-0.25, -0.2) is 0 Å². The highest BCUT2D eigenvalue weighted by Crippen LogP contribution is 2.33. The SMILES string of the molecule is CC(C)CC1CN(C2CCC(C)CC2C)C(C)CN1. The second kappa shape index (κ2) is 6.58. The Hall–Kier alpha value is -0.0800. The minimum absolute atomic E-state index is 0.711. The molecule has 0 bridgehead atoms. The molecule has 0 aromatic heterocycles. The Morgan fingerprint density at radius 3 is 2.53 bits per heavy atom. The lowest BCUT2D eigenvalue weighted by molar-refractivity contribution is 0.0293. The molecular weight excluding hydrogens is 232 g/mol. The van der Waals surface area contributed by atoms with E-state index < -0.39 is 0 Å². The highest BCUT2D eigenvalue weighted by Gasteiger charge is 2.35. The molecule has 5 atom stereocenters. The van der Waals surface area contributed by atoms with Gasteiger partial charge >= 0.3 is 0 Å². The van der Waals surface area contributed by atoms with Crippen molar-refractivity contribution in [1.29, 1.82) is 0 Å². The third kappa shape index (κ3) is 3.95. The van der Waals surface area contributed by atoms with Crippen molar-refractivity contribution in [3.63, 3.8) is 0 Å². The van der Waals surface area contributed by atoms with E-state index in [1.165, 1.54) is 38.8 Å². The van der Waals surface area contributed by atoms with E-state index in [-0.39, 0.29) is 0 Å². The Labute approximate surface area is 120 Å². The normalized spacial score (nSPS) is 41.7. The van der Waals surface area contributed by atoms with Crippen molar-refractivity contribution in [3.05, 3.63) is 0 Å². The number of rotatable bonds is 3. The van der Waals surface area contributed by atoms with Gasteiger partial charge in [0.1, 0.15) is 0 Å². The van der Waals surface area contributed by atoms with E-state index in [4.69, 9.17) is 0 Å². The van der Waals surface area contributed by atoms with Gasteiger partial charge in [0.2, 0.25) is 0 Å². The fourth-order valence-electron chi connectivity index (χ4n) is 4.28. The molecule has 0 aromatic carbocycles. The summed E-state index contributed by atoms with van der Waals surface area (Å²) in [4.78, 5) is 2.83. The molecule has 112 valence electrons. The van der Waals surface area contributed by atoms with Crippen molar-refractivity contribution >= 4 is 0 Å². The Morgan fingerprint density at radius 1 is 1.16 bits per heavy atom. The van der Waals surface area contributed by atoms with Crippen LogP contribution >= 0.6 is 0 Å². The first-order valence-corrected chi connectivity index (χ1v) is 8.46. The molecule has 1 aliphatic heterocycles. The standard InChI is InChI=1S/C17H34N2/c1-12(2)8-16-11-19(15(5)10-18-16)17-7-6-13(3)9-14(17)4/h12-18H,6-11H2,1-5H3. The smallest absolute Gasteiger partial charge is 0.0198 e. The van der Waals surface area contributed by atoms with Crippen LogP contribution in [-0.4, -0.2) is 36.1 Å². The first kappa shape index (κ1) is 15.3. The van der Waals surface area contributed by atoms with Gasteiger partial charge in [-0.15, -0.1) is 0 Å². The molecule has 1 saturated carbocycles. The van der Waals surface area contributed by atoms with Gasteiger partial charge in [0.15, 0.2) is 0 Å². The monoisotopic (exact) mass is 266 g/mol. The second-order valence-electron chi connectivity index (χ2n) is 7.74. The summed E-state index contributed by atoms with van der Waals surface area (Å²) in [6, 6.07) is 2.26. The molecule has 5 unspecified atom stereocenters. The molecule has 2 rings (SSSR count). The molecule has 1 N–H and O–H groups in total. The van der Waals surface area contributed by atoms with Gasteiger partial charge in [-0.05, 0) is 50.4 Å². The molecule has 0 radical (unpaired) electrons. The average molecular weight is 266 g/mol. The first-order chi connectivity index (χ1) is 8.97. The summed E-state index contributed by atoms with van der Waals surface area (Å²) < 4.78 is 0. The van der Waals surface area contributed by atoms with Crippen LogP contribution in [-0.2, 0) is 0 Å². The molecule has 19 heavy (non-hydrogen) atoms. The molecule has 2 heteroatoms. The highest BCUT2D eigenvalue weighted by molar-refractivity contribution is 4.92. The largest absolute Gasteiger partial charge is 0.311 e. The van der Waals surface area contributed by atoms with Gasteiger partial charge in [0.05, 0.1) is 0 Å². The Bertz CT molecular complexity index is 276. The van der Waals surface area contributed by atoms with E-state index in [1.54, 1.807) is 0 Å². The number of nitrogens with zero attached hydrogens (tertiary/aromatic N) is 1. The van der Waals surface area contributed by atoms with Crippen LogP contribution in [0.3, 0.4) is 0 Å². The first-order valence-electron chi connectivity index (χ1n) is 8.46. The molecule has 0 amide bonds. The van der Waals surface area contributed by atoms with Crippen LogP contribution in [0.5, 0.6) is 0 Å². The van der Waals surface area contributed by atoms with Crippen LogP contribution in [0.2, 0.25) is 0 Å². The summed E-state index contributed by atoms with van der Waals surface area (Å²) in [7, 11) is 0. The second-order valence-corrected chi connectivity index (χ2v) is 7.74. The zero-order valence-corrected chi connectivity index (χ0v) is 13.7. The number of hydrogen-bond donors (Lipinski definition) is 1. The Morgan fingerprint density at radius 2 is 1.89 bits per heavy atom. The fraction of sp³-hybridized carbons (Fsp3) is 1.00. The van der Waals surface area contributed by atoms with Crippen LogP contribution in [0.4, 0.5) is 0 Å². The molecule has 2 nitrogen and oxygen atoms in total. The Balaban J connectivity index is 1.96. The summed E-state index contributed by atoms with van der Waals surface area (Å²) in [5, 5.41) is 3.75. The lowest BCUT2D eigenvalue weighted by atomic mass is 9.78. The minimum atomic E-state index is 0.711. The van der Waals surface area contributed by atoms with Gasteiger partial charge < -0.3 is 5.32 Å².